The fourth-order valence-electron chi connectivity index (χ4n) is 3.89. The lowest BCUT2D eigenvalue weighted by atomic mass is 9.96. The highest BCUT2D eigenvalue weighted by Crippen LogP contribution is 2.25. The molecular formula is C22H24ClN4O2+. The number of carbonyl (C=O) groups is 2. The summed E-state index contributed by atoms with van der Waals surface area (Å²) in [7, 11) is 0. The number of carbonyl (C=O) groups excluding carboxylic acids is 2. The maximum Gasteiger partial charge on any atom is 0.279 e. The molecule has 0 atom stereocenters. The number of anilines is 1. The highest BCUT2D eigenvalue weighted by molar-refractivity contribution is 6.31. The zero-order valence-corrected chi connectivity index (χ0v) is 17.1. The SMILES string of the molecule is CC(=O)c1ccc(NC(=O)C[NH+]2CCC(c3nc4ccc(Cl)cc4[nH]3)CC2)cc1. The van der Waals surface area contributed by atoms with Crippen molar-refractivity contribution < 1.29 is 14.5 Å². The van der Waals surface area contributed by atoms with Gasteiger partial charge in [0.05, 0.1) is 24.1 Å². The quantitative estimate of drug-likeness (QED) is 0.565. The molecular weight excluding hydrogens is 388 g/mol. The number of rotatable bonds is 5. The van der Waals surface area contributed by atoms with E-state index in [1.165, 1.54) is 11.8 Å². The second kappa shape index (κ2) is 8.35. The van der Waals surface area contributed by atoms with Crippen molar-refractivity contribution in [1.82, 2.24) is 9.97 Å². The molecule has 0 radical (unpaired) electrons. The number of hydrogen-bond donors (Lipinski definition) is 3. The van der Waals surface area contributed by atoms with Crippen LogP contribution in [0, 0.1) is 0 Å². The first-order valence-electron chi connectivity index (χ1n) is 9.87. The van der Waals surface area contributed by atoms with Gasteiger partial charge in [-0.3, -0.25) is 9.59 Å². The van der Waals surface area contributed by atoms with Crippen molar-refractivity contribution in [2.24, 2.45) is 0 Å². The largest absolute Gasteiger partial charge is 0.342 e. The maximum atomic E-state index is 12.4. The molecule has 0 bridgehead atoms. The number of aromatic amines is 1. The highest BCUT2D eigenvalue weighted by atomic mass is 35.5. The smallest absolute Gasteiger partial charge is 0.279 e. The van der Waals surface area contributed by atoms with Gasteiger partial charge in [-0.15, -0.1) is 0 Å². The van der Waals surface area contributed by atoms with Crippen molar-refractivity contribution in [3.63, 3.8) is 0 Å². The average molecular weight is 412 g/mol. The van der Waals surface area contributed by atoms with Crippen LogP contribution in [0.3, 0.4) is 0 Å². The molecule has 6 nitrogen and oxygen atoms in total. The van der Waals surface area contributed by atoms with Gasteiger partial charge in [-0.05, 0) is 49.4 Å². The number of benzene rings is 2. The minimum Gasteiger partial charge on any atom is -0.342 e. The summed E-state index contributed by atoms with van der Waals surface area (Å²) in [4.78, 5) is 33.1. The Labute approximate surface area is 174 Å². The minimum absolute atomic E-state index is 0.00703. The van der Waals surface area contributed by atoms with Crippen molar-refractivity contribution >= 4 is 40.0 Å². The Morgan fingerprint density at radius 2 is 1.90 bits per heavy atom. The van der Waals surface area contributed by atoms with Crippen molar-refractivity contribution in [2.45, 2.75) is 25.7 Å². The van der Waals surface area contributed by atoms with Gasteiger partial charge in [0.25, 0.3) is 5.91 Å². The molecule has 0 unspecified atom stereocenters. The van der Waals surface area contributed by atoms with E-state index in [1.807, 2.05) is 18.2 Å². The molecule has 1 aliphatic rings. The molecule has 0 spiro atoms. The Morgan fingerprint density at radius 1 is 1.17 bits per heavy atom. The number of imidazole rings is 1. The number of Topliss-reactive ketones (excluding diaryl/α,β-unsaturated/α-hetero) is 1. The molecule has 1 amide bonds. The van der Waals surface area contributed by atoms with E-state index in [0.29, 0.717) is 23.0 Å². The topological polar surface area (TPSA) is 79.3 Å². The Bertz CT molecular complexity index is 1040. The van der Waals surface area contributed by atoms with Crippen LogP contribution >= 0.6 is 11.6 Å². The number of nitrogens with zero attached hydrogens (tertiary/aromatic N) is 1. The van der Waals surface area contributed by atoms with Crippen LogP contribution in [0.5, 0.6) is 0 Å². The summed E-state index contributed by atoms with van der Waals surface area (Å²) in [6, 6.07) is 12.7. The van der Waals surface area contributed by atoms with Gasteiger partial charge in [-0.2, -0.15) is 0 Å². The number of quaternary nitrogens is 1. The third-order valence-corrected chi connectivity index (χ3v) is 5.76. The van der Waals surface area contributed by atoms with Crippen molar-refractivity contribution in [3.05, 3.63) is 58.9 Å². The second-order valence-corrected chi connectivity index (χ2v) is 8.10. The van der Waals surface area contributed by atoms with Gasteiger partial charge in [0.15, 0.2) is 12.3 Å². The molecule has 0 aliphatic carbocycles. The Hall–Kier alpha value is -2.70. The van der Waals surface area contributed by atoms with Crippen LogP contribution < -0.4 is 10.2 Å². The number of halogens is 1. The van der Waals surface area contributed by atoms with Crippen LogP contribution in [0.1, 0.15) is 41.9 Å². The zero-order chi connectivity index (χ0) is 20.4. The molecule has 0 saturated carbocycles. The zero-order valence-electron chi connectivity index (χ0n) is 16.3. The molecule has 1 fully saturated rings. The summed E-state index contributed by atoms with van der Waals surface area (Å²) in [5, 5.41) is 3.62. The highest BCUT2D eigenvalue weighted by Gasteiger charge is 2.27. The first-order valence-corrected chi connectivity index (χ1v) is 10.3. The fraction of sp³-hybridized carbons (Fsp3) is 0.318. The van der Waals surface area contributed by atoms with Gasteiger partial charge in [0, 0.05) is 35.0 Å². The van der Waals surface area contributed by atoms with E-state index in [2.05, 4.69) is 10.3 Å². The number of likely N-dealkylation sites (tertiary alicyclic amines) is 1. The van der Waals surface area contributed by atoms with Gasteiger partial charge in [0.1, 0.15) is 5.82 Å². The van der Waals surface area contributed by atoms with E-state index >= 15 is 0 Å². The lowest BCUT2D eigenvalue weighted by molar-refractivity contribution is -0.897. The van der Waals surface area contributed by atoms with Crippen molar-refractivity contribution in [3.8, 4) is 0 Å². The fourth-order valence-corrected chi connectivity index (χ4v) is 4.06. The van der Waals surface area contributed by atoms with E-state index in [4.69, 9.17) is 16.6 Å². The summed E-state index contributed by atoms with van der Waals surface area (Å²) in [6.07, 6.45) is 1.98. The van der Waals surface area contributed by atoms with Crippen LogP contribution in [0.15, 0.2) is 42.5 Å². The predicted octanol–water partition coefficient (Wildman–Crippen LogP) is 2.82. The third-order valence-electron chi connectivity index (χ3n) is 5.53. The Morgan fingerprint density at radius 3 is 2.59 bits per heavy atom. The van der Waals surface area contributed by atoms with Crippen molar-refractivity contribution in [1.29, 1.82) is 0 Å². The van der Waals surface area contributed by atoms with Crippen LogP contribution in [0.4, 0.5) is 5.69 Å². The molecule has 1 aliphatic heterocycles. The number of nitrogens with one attached hydrogen (secondary N) is 3. The van der Waals surface area contributed by atoms with Crippen LogP contribution in [0.25, 0.3) is 11.0 Å². The molecule has 2 heterocycles. The molecule has 3 aromatic rings. The van der Waals surface area contributed by atoms with E-state index in [0.717, 1.165) is 48.5 Å². The summed E-state index contributed by atoms with van der Waals surface area (Å²) in [5.41, 5.74) is 3.27. The Balaban J connectivity index is 1.29. The van der Waals surface area contributed by atoms with E-state index in [1.54, 1.807) is 24.3 Å². The number of piperidine rings is 1. The maximum absolute atomic E-state index is 12.4. The van der Waals surface area contributed by atoms with Crippen LogP contribution in [-0.2, 0) is 4.79 Å². The number of aromatic nitrogens is 2. The van der Waals surface area contributed by atoms with Crippen LogP contribution in [0.2, 0.25) is 5.02 Å². The van der Waals surface area contributed by atoms with Gasteiger partial charge in [-0.1, -0.05) is 11.6 Å². The predicted molar refractivity (Wildman–Crippen MR) is 114 cm³/mol. The normalized spacial score (nSPS) is 19.2. The number of amides is 1. The number of hydrogen-bond acceptors (Lipinski definition) is 3. The van der Waals surface area contributed by atoms with E-state index in [-0.39, 0.29) is 11.7 Å². The molecule has 2 aromatic carbocycles. The number of ketones is 1. The van der Waals surface area contributed by atoms with Gasteiger partial charge in [0.2, 0.25) is 0 Å². The summed E-state index contributed by atoms with van der Waals surface area (Å²) >= 11 is 6.06. The summed E-state index contributed by atoms with van der Waals surface area (Å²) < 4.78 is 0. The molecule has 1 saturated heterocycles. The standard InChI is InChI=1S/C22H23ClN4O2/c1-14(28)15-2-5-18(6-3-15)24-21(29)13-27-10-8-16(9-11-27)22-25-19-7-4-17(23)12-20(19)26-22/h2-7,12,16H,8-11,13H2,1H3,(H,24,29)(H,25,26)/p+1. The van der Waals surface area contributed by atoms with Crippen molar-refractivity contribution in [2.75, 3.05) is 25.0 Å². The first kappa shape index (κ1) is 19.6. The van der Waals surface area contributed by atoms with E-state index in [9.17, 15) is 9.59 Å². The van der Waals surface area contributed by atoms with Gasteiger partial charge >= 0.3 is 0 Å². The molecule has 3 N–H and O–H groups in total. The van der Waals surface area contributed by atoms with Crippen LogP contribution in [-0.4, -0.2) is 41.3 Å². The van der Waals surface area contributed by atoms with Gasteiger partial charge < -0.3 is 15.2 Å². The second-order valence-electron chi connectivity index (χ2n) is 7.67. The average Bonchev–Trinajstić information content (AvgIpc) is 3.12. The van der Waals surface area contributed by atoms with Gasteiger partial charge in [-0.25, -0.2) is 4.98 Å². The molecule has 29 heavy (non-hydrogen) atoms. The van der Waals surface area contributed by atoms with E-state index < -0.39 is 0 Å². The minimum atomic E-state index is -0.00703. The molecule has 1 aromatic heterocycles. The lowest BCUT2D eigenvalue weighted by Crippen LogP contribution is -3.14. The number of fused-ring (bicyclic) bond motifs is 1. The Kier molecular flexibility index (Phi) is 5.65. The third kappa shape index (κ3) is 4.66. The first-order chi connectivity index (χ1) is 14.0. The number of H-pyrrole nitrogens is 1. The molecule has 4 rings (SSSR count). The summed E-state index contributed by atoms with van der Waals surface area (Å²) in [5.74, 6) is 1.40. The monoisotopic (exact) mass is 411 g/mol. The molecule has 150 valence electrons. The lowest BCUT2D eigenvalue weighted by Gasteiger charge is -2.27. The molecule has 7 heteroatoms. The summed E-state index contributed by atoms with van der Waals surface area (Å²) in [6.45, 7) is 3.83.